The van der Waals surface area contributed by atoms with Gasteiger partial charge < -0.3 is 5.32 Å². The zero-order valence-corrected chi connectivity index (χ0v) is 13.6. The summed E-state index contributed by atoms with van der Waals surface area (Å²) < 4.78 is 0. The summed E-state index contributed by atoms with van der Waals surface area (Å²) in [5.41, 5.74) is 4.19. The van der Waals surface area contributed by atoms with E-state index in [4.69, 9.17) is 0 Å². The predicted octanol–water partition coefficient (Wildman–Crippen LogP) is 4.52. The van der Waals surface area contributed by atoms with E-state index in [-0.39, 0.29) is 0 Å². The van der Waals surface area contributed by atoms with Crippen LogP contribution in [-0.4, -0.2) is 13.1 Å². The number of hydrogen-bond donors (Lipinski definition) is 1. The highest BCUT2D eigenvalue weighted by Gasteiger charge is 2.08. The molecule has 1 aromatic heterocycles. The fourth-order valence-electron chi connectivity index (χ4n) is 2.80. The van der Waals surface area contributed by atoms with Crippen molar-refractivity contribution < 1.29 is 0 Å². The van der Waals surface area contributed by atoms with Crippen molar-refractivity contribution in [3.05, 3.63) is 57.3 Å². The first kappa shape index (κ1) is 15.3. The predicted molar refractivity (Wildman–Crippen MR) is 89.7 cm³/mol. The fourth-order valence-corrected chi connectivity index (χ4v) is 3.55. The van der Waals surface area contributed by atoms with Crippen molar-refractivity contribution >= 4 is 11.3 Å². The van der Waals surface area contributed by atoms with E-state index in [1.165, 1.54) is 40.8 Å². The third-order valence-electron chi connectivity index (χ3n) is 3.73. The number of aryl methyl sites for hydroxylation is 3. The Bertz CT molecular complexity index is 496. The molecule has 2 rings (SSSR count). The van der Waals surface area contributed by atoms with Crippen LogP contribution in [0.15, 0.2) is 35.7 Å². The summed E-state index contributed by atoms with van der Waals surface area (Å²) in [6.45, 7) is 4.36. The molecule has 1 atom stereocenters. The second-order valence-corrected chi connectivity index (χ2v) is 6.69. The number of benzene rings is 1. The molecule has 0 radical (unpaired) electrons. The Balaban J connectivity index is 1.85. The van der Waals surface area contributed by atoms with Gasteiger partial charge in [0.25, 0.3) is 0 Å². The molecule has 20 heavy (non-hydrogen) atoms. The lowest BCUT2D eigenvalue weighted by Gasteiger charge is -2.17. The number of nitrogens with one attached hydrogen (secondary N) is 1. The van der Waals surface area contributed by atoms with Gasteiger partial charge in [-0.3, -0.25) is 0 Å². The van der Waals surface area contributed by atoms with Crippen LogP contribution in [0.25, 0.3) is 0 Å². The molecule has 0 aliphatic heterocycles. The van der Waals surface area contributed by atoms with Crippen LogP contribution < -0.4 is 5.32 Å². The summed E-state index contributed by atoms with van der Waals surface area (Å²) >= 11 is 1.87. The molecule has 1 aromatic carbocycles. The Labute approximate surface area is 127 Å². The molecule has 0 saturated carbocycles. The van der Waals surface area contributed by atoms with E-state index in [1.54, 1.807) is 0 Å². The van der Waals surface area contributed by atoms with Gasteiger partial charge in [0.05, 0.1) is 0 Å². The summed E-state index contributed by atoms with van der Waals surface area (Å²) in [7, 11) is 2.08. The Morgan fingerprint density at radius 1 is 1.15 bits per heavy atom. The van der Waals surface area contributed by atoms with Gasteiger partial charge in [0, 0.05) is 10.9 Å². The SMILES string of the molecule is CNC(CCCc1cccs1)Cc1cc(C)cc(C)c1. The van der Waals surface area contributed by atoms with Crippen molar-refractivity contribution in [3.63, 3.8) is 0 Å². The molecule has 0 aliphatic carbocycles. The van der Waals surface area contributed by atoms with Crippen LogP contribution >= 0.6 is 11.3 Å². The lowest BCUT2D eigenvalue weighted by atomic mass is 9.98. The minimum Gasteiger partial charge on any atom is -0.317 e. The first-order chi connectivity index (χ1) is 9.67. The number of rotatable bonds is 7. The summed E-state index contributed by atoms with van der Waals surface area (Å²) in [5, 5.41) is 5.64. The lowest BCUT2D eigenvalue weighted by molar-refractivity contribution is 0.503. The van der Waals surface area contributed by atoms with Gasteiger partial charge in [-0.15, -0.1) is 11.3 Å². The van der Waals surface area contributed by atoms with Crippen LogP contribution in [-0.2, 0) is 12.8 Å². The summed E-state index contributed by atoms with van der Waals surface area (Å²) in [6, 6.07) is 11.8. The minimum absolute atomic E-state index is 0.580. The third kappa shape index (κ3) is 4.77. The number of likely N-dealkylation sites (N-methyl/N-ethyl adjacent to an activating group) is 1. The number of thiophene rings is 1. The third-order valence-corrected chi connectivity index (χ3v) is 4.66. The topological polar surface area (TPSA) is 12.0 Å². The molecule has 0 aliphatic rings. The van der Waals surface area contributed by atoms with Crippen LogP contribution in [0.2, 0.25) is 0 Å². The Hall–Kier alpha value is -1.12. The van der Waals surface area contributed by atoms with E-state index in [1.807, 2.05) is 11.3 Å². The van der Waals surface area contributed by atoms with Crippen LogP contribution in [0.4, 0.5) is 0 Å². The second kappa shape index (κ2) is 7.61. The average Bonchev–Trinajstić information content (AvgIpc) is 2.89. The number of hydrogen-bond acceptors (Lipinski definition) is 2. The monoisotopic (exact) mass is 287 g/mol. The van der Waals surface area contributed by atoms with Gasteiger partial charge in [-0.1, -0.05) is 35.4 Å². The van der Waals surface area contributed by atoms with E-state index >= 15 is 0 Å². The molecule has 1 heterocycles. The summed E-state index contributed by atoms with van der Waals surface area (Å²) in [6.07, 6.45) is 4.84. The quantitative estimate of drug-likeness (QED) is 0.789. The van der Waals surface area contributed by atoms with Crippen LogP contribution in [0, 0.1) is 13.8 Å². The van der Waals surface area contributed by atoms with Crippen molar-refractivity contribution in [3.8, 4) is 0 Å². The second-order valence-electron chi connectivity index (χ2n) is 5.66. The first-order valence-electron chi connectivity index (χ1n) is 7.44. The van der Waals surface area contributed by atoms with Crippen molar-refractivity contribution in [2.75, 3.05) is 7.05 Å². The fraction of sp³-hybridized carbons (Fsp3) is 0.444. The molecule has 0 amide bonds. The van der Waals surface area contributed by atoms with Gasteiger partial charge in [0.1, 0.15) is 0 Å². The molecule has 108 valence electrons. The van der Waals surface area contributed by atoms with Gasteiger partial charge in [0.15, 0.2) is 0 Å². The molecule has 1 unspecified atom stereocenters. The van der Waals surface area contributed by atoms with E-state index in [0.29, 0.717) is 6.04 Å². The molecule has 0 fully saturated rings. The molecular formula is C18H25NS. The van der Waals surface area contributed by atoms with E-state index in [2.05, 4.69) is 61.9 Å². The van der Waals surface area contributed by atoms with Crippen molar-refractivity contribution in [2.24, 2.45) is 0 Å². The molecule has 0 saturated heterocycles. The molecule has 1 nitrogen and oxygen atoms in total. The highest BCUT2D eigenvalue weighted by atomic mass is 32.1. The van der Waals surface area contributed by atoms with E-state index in [9.17, 15) is 0 Å². The van der Waals surface area contributed by atoms with Crippen molar-refractivity contribution in [1.29, 1.82) is 0 Å². The zero-order valence-electron chi connectivity index (χ0n) is 12.8. The Kier molecular flexibility index (Phi) is 5.81. The maximum absolute atomic E-state index is 3.47. The van der Waals surface area contributed by atoms with Gasteiger partial charge in [-0.25, -0.2) is 0 Å². The molecule has 2 heteroatoms. The Morgan fingerprint density at radius 3 is 2.50 bits per heavy atom. The van der Waals surface area contributed by atoms with Gasteiger partial charge >= 0.3 is 0 Å². The maximum Gasteiger partial charge on any atom is 0.0105 e. The zero-order chi connectivity index (χ0) is 14.4. The molecular weight excluding hydrogens is 262 g/mol. The summed E-state index contributed by atoms with van der Waals surface area (Å²) in [4.78, 5) is 1.51. The van der Waals surface area contributed by atoms with Gasteiger partial charge in [-0.05, 0) is 63.6 Å². The first-order valence-corrected chi connectivity index (χ1v) is 8.32. The maximum atomic E-state index is 3.47. The van der Waals surface area contributed by atoms with Crippen molar-refractivity contribution in [1.82, 2.24) is 5.32 Å². The van der Waals surface area contributed by atoms with Gasteiger partial charge in [-0.2, -0.15) is 0 Å². The largest absolute Gasteiger partial charge is 0.317 e. The minimum atomic E-state index is 0.580. The average molecular weight is 287 g/mol. The molecule has 0 spiro atoms. The highest BCUT2D eigenvalue weighted by Crippen LogP contribution is 2.16. The van der Waals surface area contributed by atoms with Crippen molar-refractivity contribution in [2.45, 2.75) is 45.6 Å². The van der Waals surface area contributed by atoms with Crippen LogP contribution in [0.3, 0.4) is 0 Å². The smallest absolute Gasteiger partial charge is 0.0105 e. The molecule has 1 N–H and O–H groups in total. The molecule has 2 aromatic rings. The van der Waals surface area contributed by atoms with Crippen LogP contribution in [0.5, 0.6) is 0 Å². The standard InChI is InChI=1S/C18H25NS/c1-14-10-15(2)12-16(11-14)13-17(19-3)6-4-7-18-8-5-9-20-18/h5,8-12,17,19H,4,6-7,13H2,1-3H3. The van der Waals surface area contributed by atoms with Crippen LogP contribution in [0.1, 0.15) is 34.4 Å². The summed E-state index contributed by atoms with van der Waals surface area (Å²) in [5.74, 6) is 0. The van der Waals surface area contributed by atoms with E-state index < -0.39 is 0 Å². The highest BCUT2D eigenvalue weighted by molar-refractivity contribution is 7.09. The normalized spacial score (nSPS) is 12.6. The lowest BCUT2D eigenvalue weighted by Crippen LogP contribution is -2.27. The Morgan fingerprint density at radius 2 is 1.90 bits per heavy atom. The van der Waals surface area contributed by atoms with Gasteiger partial charge in [0.2, 0.25) is 0 Å². The van der Waals surface area contributed by atoms with E-state index in [0.717, 1.165) is 6.42 Å². The molecule has 0 bridgehead atoms.